The summed E-state index contributed by atoms with van der Waals surface area (Å²) in [5, 5.41) is 14.6. The van der Waals surface area contributed by atoms with E-state index in [-0.39, 0.29) is 24.3 Å². The predicted octanol–water partition coefficient (Wildman–Crippen LogP) is 0.428. The van der Waals surface area contributed by atoms with Crippen molar-refractivity contribution in [3.8, 4) is 0 Å². The van der Waals surface area contributed by atoms with Crippen LogP contribution in [0.15, 0.2) is 0 Å². The molecule has 0 radical (unpaired) electrons. The lowest BCUT2D eigenvalue weighted by Crippen LogP contribution is -2.44. The highest BCUT2D eigenvalue weighted by Gasteiger charge is 2.24. The largest absolute Gasteiger partial charge is 0.396 e. The van der Waals surface area contributed by atoms with Gasteiger partial charge in [0.15, 0.2) is 0 Å². The molecule has 18 heavy (non-hydrogen) atoms. The van der Waals surface area contributed by atoms with Crippen LogP contribution in [-0.4, -0.2) is 36.6 Å². The molecule has 0 spiro atoms. The zero-order chi connectivity index (χ0) is 13.4. The van der Waals surface area contributed by atoms with Crippen molar-refractivity contribution < 1.29 is 14.7 Å². The van der Waals surface area contributed by atoms with Gasteiger partial charge in [0.05, 0.1) is 5.92 Å². The summed E-state index contributed by atoms with van der Waals surface area (Å²) in [6.45, 7) is 3.34. The van der Waals surface area contributed by atoms with E-state index < -0.39 is 0 Å². The van der Waals surface area contributed by atoms with Gasteiger partial charge in [-0.15, -0.1) is 0 Å². The Morgan fingerprint density at radius 3 is 2.89 bits per heavy atom. The summed E-state index contributed by atoms with van der Waals surface area (Å²) in [4.78, 5) is 22.9. The monoisotopic (exact) mass is 256 g/mol. The van der Waals surface area contributed by atoms with Crippen LogP contribution in [0.4, 0.5) is 0 Å². The second kappa shape index (κ2) is 8.08. The Bertz CT molecular complexity index is 265. The molecule has 0 bridgehead atoms. The van der Waals surface area contributed by atoms with Crippen LogP contribution in [0.3, 0.4) is 0 Å². The number of aliphatic hydroxyl groups is 1. The molecule has 104 valence electrons. The molecule has 1 fully saturated rings. The van der Waals surface area contributed by atoms with Crippen LogP contribution in [0.25, 0.3) is 0 Å². The molecule has 0 saturated carbocycles. The third kappa shape index (κ3) is 5.04. The van der Waals surface area contributed by atoms with Gasteiger partial charge in [0.2, 0.25) is 11.8 Å². The van der Waals surface area contributed by atoms with Gasteiger partial charge in [-0.3, -0.25) is 9.59 Å². The second-order valence-corrected chi connectivity index (χ2v) is 4.95. The number of piperidine rings is 1. The number of rotatable bonds is 7. The van der Waals surface area contributed by atoms with Gasteiger partial charge in [-0.05, 0) is 25.2 Å². The van der Waals surface area contributed by atoms with E-state index in [9.17, 15) is 9.59 Å². The van der Waals surface area contributed by atoms with Gasteiger partial charge in [-0.2, -0.15) is 0 Å². The molecule has 0 aromatic heterocycles. The third-order valence-corrected chi connectivity index (χ3v) is 3.44. The van der Waals surface area contributed by atoms with Crippen LogP contribution >= 0.6 is 0 Å². The lowest BCUT2D eigenvalue weighted by molar-refractivity contribution is -0.129. The van der Waals surface area contributed by atoms with Crippen LogP contribution in [0, 0.1) is 11.8 Å². The summed E-state index contributed by atoms with van der Waals surface area (Å²) in [5.41, 5.74) is 0. The Morgan fingerprint density at radius 1 is 1.56 bits per heavy atom. The van der Waals surface area contributed by atoms with Gasteiger partial charge in [0, 0.05) is 26.1 Å². The van der Waals surface area contributed by atoms with Gasteiger partial charge in [-0.1, -0.05) is 13.3 Å². The summed E-state index contributed by atoms with van der Waals surface area (Å²) in [6.07, 6.45) is 3.88. The normalized spacial score (nSPS) is 21.2. The van der Waals surface area contributed by atoms with E-state index in [1.54, 1.807) is 0 Å². The van der Waals surface area contributed by atoms with Crippen molar-refractivity contribution in [3.63, 3.8) is 0 Å². The molecular weight excluding hydrogens is 232 g/mol. The summed E-state index contributed by atoms with van der Waals surface area (Å²) in [5.74, 6) is 0.304. The first-order valence-corrected chi connectivity index (χ1v) is 6.82. The zero-order valence-corrected chi connectivity index (χ0v) is 11.1. The molecule has 0 aliphatic carbocycles. The maximum atomic E-state index is 11.9. The van der Waals surface area contributed by atoms with E-state index in [1.165, 1.54) is 0 Å². The van der Waals surface area contributed by atoms with Crippen molar-refractivity contribution in [2.24, 2.45) is 11.8 Å². The lowest BCUT2D eigenvalue weighted by atomic mass is 9.96. The zero-order valence-electron chi connectivity index (χ0n) is 11.1. The molecule has 1 aliphatic heterocycles. The first kappa shape index (κ1) is 15.0. The maximum absolute atomic E-state index is 11.9. The SMILES string of the molecule is CCCC(CCO)CNC(=O)C1CCC(=O)NC1. The summed E-state index contributed by atoms with van der Waals surface area (Å²) in [7, 11) is 0. The van der Waals surface area contributed by atoms with Gasteiger partial charge in [-0.25, -0.2) is 0 Å². The Balaban J connectivity index is 2.28. The fourth-order valence-corrected chi connectivity index (χ4v) is 2.29. The standard InChI is InChI=1S/C13H24N2O3/c1-2-3-10(6-7-16)8-15-13(18)11-4-5-12(17)14-9-11/h10-11,16H,2-9H2,1H3,(H,14,17)(H,15,18). The minimum absolute atomic E-state index is 0.0223. The highest BCUT2D eigenvalue weighted by Crippen LogP contribution is 2.13. The molecule has 0 aromatic carbocycles. The fraction of sp³-hybridized carbons (Fsp3) is 0.846. The van der Waals surface area contributed by atoms with E-state index in [4.69, 9.17) is 5.11 Å². The van der Waals surface area contributed by atoms with E-state index in [0.29, 0.717) is 31.8 Å². The molecule has 1 aliphatic rings. The Morgan fingerprint density at radius 2 is 2.33 bits per heavy atom. The van der Waals surface area contributed by atoms with Crippen molar-refractivity contribution in [1.29, 1.82) is 0 Å². The van der Waals surface area contributed by atoms with Crippen LogP contribution in [0.5, 0.6) is 0 Å². The van der Waals surface area contributed by atoms with Gasteiger partial charge in [0.1, 0.15) is 0 Å². The van der Waals surface area contributed by atoms with E-state index in [2.05, 4.69) is 17.6 Å². The highest BCUT2D eigenvalue weighted by molar-refractivity contribution is 5.83. The fourth-order valence-electron chi connectivity index (χ4n) is 2.29. The number of amides is 2. The molecular formula is C13H24N2O3. The number of aliphatic hydroxyl groups excluding tert-OH is 1. The molecule has 1 heterocycles. The van der Waals surface area contributed by atoms with Crippen molar-refractivity contribution in [2.45, 2.75) is 39.0 Å². The van der Waals surface area contributed by atoms with E-state index in [0.717, 1.165) is 19.3 Å². The number of nitrogens with one attached hydrogen (secondary N) is 2. The molecule has 0 aromatic rings. The van der Waals surface area contributed by atoms with Crippen LogP contribution < -0.4 is 10.6 Å². The smallest absolute Gasteiger partial charge is 0.224 e. The topological polar surface area (TPSA) is 78.4 Å². The Kier molecular flexibility index (Phi) is 6.72. The minimum atomic E-state index is -0.0981. The average molecular weight is 256 g/mol. The van der Waals surface area contributed by atoms with E-state index in [1.807, 2.05) is 0 Å². The molecule has 2 amide bonds. The van der Waals surface area contributed by atoms with Crippen molar-refractivity contribution in [2.75, 3.05) is 19.7 Å². The van der Waals surface area contributed by atoms with Gasteiger partial charge < -0.3 is 15.7 Å². The third-order valence-electron chi connectivity index (χ3n) is 3.44. The number of carbonyl (C=O) groups excluding carboxylic acids is 2. The number of hydrogen-bond donors (Lipinski definition) is 3. The van der Waals surface area contributed by atoms with Crippen LogP contribution in [0.1, 0.15) is 39.0 Å². The van der Waals surface area contributed by atoms with Crippen LogP contribution in [-0.2, 0) is 9.59 Å². The van der Waals surface area contributed by atoms with Gasteiger partial charge in [0.25, 0.3) is 0 Å². The average Bonchev–Trinajstić information content (AvgIpc) is 2.37. The maximum Gasteiger partial charge on any atom is 0.224 e. The first-order valence-electron chi connectivity index (χ1n) is 6.82. The summed E-state index contributed by atoms with van der Waals surface area (Å²) < 4.78 is 0. The van der Waals surface area contributed by atoms with Crippen LogP contribution in [0.2, 0.25) is 0 Å². The first-order chi connectivity index (χ1) is 8.67. The molecule has 1 saturated heterocycles. The summed E-state index contributed by atoms with van der Waals surface area (Å²) >= 11 is 0. The van der Waals surface area contributed by atoms with E-state index >= 15 is 0 Å². The number of carbonyl (C=O) groups is 2. The van der Waals surface area contributed by atoms with Crippen molar-refractivity contribution in [3.05, 3.63) is 0 Å². The molecule has 5 heteroatoms. The van der Waals surface area contributed by atoms with Crippen molar-refractivity contribution >= 4 is 11.8 Å². The second-order valence-electron chi connectivity index (χ2n) is 4.95. The number of hydrogen-bond acceptors (Lipinski definition) is 3. The molecule has 3 N–H and O–H groups in total. The predicted molar refractivity (Wildman–Crippen MR) is 68.8 cm³/mol. The minimum Gasteiger partial charge on any atom is -0.396 e. The molecule has 5 nitrogen and oxygen atoms in total. The van der Waals surface area contributed by atoms with Gasteiger partial charge >= 0.3 is 0 Å². The quantitative estimate of drug-likeness (QED) is 0.618. The Labute approximate surface area is 108 Å². The summed E-state index contributed by atoms with van der Waals surface area (Å²) in [6, 6.07) is 0. The highest BCUT2D eigenvalue weighted by atomic mass is 16.3. The molecule has 2 unspecified atom stereocenters. The molecule has 2 atom stereocenters. The van der Waals surface area contributed by atoms with Crippen molar-refractivity contribution in [1.82, 2.24) is 10.6 Å². The lowest BCUT2D eigenvalue weighted by Gasteiger charge is -2.23. The Hall–Kier alpha value is -1.10. The molecule has 1 rings (SSSR count).